The van der Waals surface area contributed by atoms with E-state index < -0.39 is 11.1 Å². The number of hydrogen-bond acceptors (Lipinski definition) is 2. The monoisotopic (exact) mass is 212 g/mol. The van der Waals surface area contributed by atoms with E-state index >= 15 is 0 Å². The summed E-state index contributed by atoms with van der Waals surface area (Å²) in [4.78, 5) is 0.223. The van der Waals surface area contributed by atoms with Gasteiger partial charge in [0, 0.05) is 9.92 Å². The van der Waals surface area contributed by atoms with Gasteiger partial charge in [0.15, 0.2) is 0 Å². The predicted octanol–water partition coefficient (Wildman–Crippen LogP) is -1.11. The molecule has 0 bridgehead atoms. The van der Waals surface area contributed by atoms with Gasteiger partial charge in [-0.1, -0.05) is 17.7 Å². The van der Waals surface area contributed by atoms with Gasteiger partial charge >= 0.3 is 29.6 Å². The third-order valence-corrected chi connectivity index (χ3v) is 2.38. The Bertz CT molecular complexity index is 303. The van der Waals surface area contributed by atoms with E-state index in [1.807, 2.05) is 6.92 Å². The number of aryl methyl sites for hydroxylation is 1. The Kier molecular flexibility index (Phi) is 5.65. The molecule has 5 heteroatoms. The molecule has 0 aliphatic carbocycles. The molecule has 1 aromatic carbocycles. The molecule has 12 heavy (non-hydrogen) atoms. The van der Waals surface area contributed by atoms with E-state index in [0.717, 1.165) is 5.56 Å². The average molecular weight is 213 g/mol. The van der Waals surface area contributed by atoms with Crippen LogP contribution < -0.4 is 29.6 Å². The van der Waals surface area contributed by atoms with E-state index in [2.05, 4.69) is 0 Å². The molecule has 0 N–H and O–H groups in total. The molecule has 0 aliphatic heterocycles. The van der Waals surface area contributed by atoms with Crippen molar-refractivity contribution in [3.05, 3.63) is 28.8 Å². The van der Waals surface area contributed by atoms with Crippen molar-refractivity contribution in [2.24, 2.45) is 0 Å². The third kappa shape index (κ3) is 3.17. The summed E-state index contributed by atoms with van der Waals surface area (Å²) in [5, 5.41) is 0.478. The van der Waals surface area contributed by atoms with Crippen molar-refractivity contribution in [1.82, 2.24) is 0 Å². The van der Waals surface area contributed by atoms with Gasteiger partial charge in [0.25, 0.3) is 0 Å². The average Bonchev–Trinajstić information content (AvgIpc) is 1.94. The maximum atomic E-state index is 10.4. The van der Waals surface area contributed by atoms with Crippen LogP contribution in [0.4, 0.5) is 0 Å². The van der Waals surface area contributed by atoms with Gasteiger partial charge in [-0.2, -0.15) is 0 Å². The summed E-state index contributed by atoms with van der Waals surface area (Å²) in [6.45, 7) is 1.82. The molecule has 2 nitrogen and oxygen atoms in total. The van der Waals surface area contributed by atoms with Gasteiger partial charge in [-0.25, -0.2) is 0 Å². The van der Waals surface area contributed by atoms with Crippen LogP contribution in [0.5, 0.6) is 0 Å². The number of rotatable bonds is 1. The van der Waals surface area contributed by atoms with Crippen molar-refractivity contribution in [3.8, 4) is 0 Å². The zero-order chi connectivity index (χ0) is 8.43. The van der Waals surface area contributed by atoms with E-state index in [0.29, 0.717) is 5.02 Å². The minimum Gasteiger partial charge on any atom is -0.768 e. The Morgan fingerprint density at radius 1 is 1.50 bits per heavy atom. The topological polar surface area (TPSA) is 40.1 Å². The van der Waals surface area contributed by atoms with Gasteiger partial charge in [0.1, 0.15) is 0 Å². The Hall–Kier alpha value is 0.620. The van der Waals surface area contributed by atoms with E-state index in [1.165, 1.54) is 12.1 Å². The Labute approximate surface area is 101 Å². The van der Waals surface area contributed by atoms with Crippen molar-refractivity contribution in [2.75, 3.05) is 0 Å². The van der Waals surface area contributed by atoms with Gasteiger partial charge in [0.05, 0.1) is 0 Å². The molecule has 0 radical (unpaired) electrons. The second-order valence-corrected chi connectivity index (χ2v) is 3.49. The number of benzene rings is 1. The Morgan fingerprint density at radius 2 is 2.08 bits per heavy atom. The van der Waals surface area contributed by atoms with Gasteiger partial charge in [-0.15, -0.1) is 0 Å². The minimum absolute atomic E-state index is 0. The van der Waals surface area contributed by atoms with Crippen LogP contribution in [0.3, 0.4) is 0 Å². The first-order valence-electron chi connectivity index (χ1n) is 2.96. The fraction of sp³-hybridized carbons (Fsp3) is 0.143. The second kappa shape index (κ2) is 5.37. The molecule has 1 unspecified atom stereocenters. The summed E-state index contributed by atoms with van der Waals surface area (Å²) in [6, 6.07) is 4.62. The van der Waals surface area contributed by atoms with Crippen molar-refractivity contribution < 1.29 is 38.3 Å². The van der Waals surface area contributed by atoms with Gasteiger partial charge in [-0.3, -0.25) is 4.21 Å². The summed E-state index contributed by atoms with van der Waals surface area (Å²) in [6.07, 6.45) is 0. The molecule has 1 aromatic rings. The molecule has 0 fully saturated rings. The SMILES string of the molecule is Cc1ccc(S(=O)[O-])cc1Cl.[Na+]. The molecular formula is C7H6ClNaO2S. The molecule has 0 saturated heterocycles. The molecule has 0 spiro atoms. The van der Waals surface area contributed by atoms with Crippen LogP contribution in [0.15, 0.2) is 23.1 Å². The van der Waals surface area contributed by atoms with Crippen molar-refractivity contribution in [2.45, 2.75) is 11.8 Å². The second-order valence-electron chi connectivity index (χ2n) is 2.15. The van der Waals surface area contributed by atoms with Crippen LogP contribution in [0.2, 0.25) is 5.02 Å². The quantitative estimate of drug-likeness (QED) is 0.438. The van der Waals surface area contributed by atoms with E-state index in [-0.39, 0.29) is 34.5 Å². The minimum atomic E-state index is -2.18. The van der Waals surface area contributed by atoms with Crippen LogP contribution in [0.1, 0.15) is 5.56 Å². The fourth-order valence-electron chi connectivity index (χ4n) is 0.677. The van der Waals surface area contributed by atoms with E-state index in [4.69, 9.17) is 11.6 Å². The van der Waals surface area contributed by atoms with Crippen LogP contribution in [0.25, 0.3) is 0 Å². The molecule has 0 aromatic heterocycles. The van der Waals surface area contributed by atoms with Gasteiger partial charge < -0.3 is 4.55 Å². The third-order valence-electron chi connectivity index (χ3n) is 1.34. The molecular weight excluding hydrogens is 207 g/mol. The number of halogens is 1. The molecule has 1 atom stereocenters. The normalized spacial score (nSPS) is 11.9. The first-order chi connectivity index (χ1) is 5.11. The summed E-state index contributed by atoms with van der Waals surface area (Å²) in [5.74, 6) is 0. The summed E-state index contributed by atoms with van der Waals surface area (Å²) in [7, 11) is 0. The van der Waals surface area contributed by atoms with Crippen LogP contribution in [0, 0.1) is 6.92 Å². The van der Waals surface area contributed by atoms with Crippen LogP contribution in [-0.4, -0.2) is 8.76 Å². The fourth-order valence-corrected chi connectivity index (χ4v) is 1.32. The van der Waals surface area contributed by atoms with E-state index in [1.54, 1.807) is 6.07 Å². The molecule has 0 aliphatic rings. The van der Waals surface area contributed by atoms with Crippen molar-refractivity contribution in [3.63, 3.8) is 0 Å². The van der Waals surface area contributed by atoms with Gasteiger partial charge in [0.2, 0.25) is 0 Å². The molecule has 0 heterocycles. The molecule has 1 rings (SSSR count). The maximum Gasteiger partial charge on any atom is 1.00 e. The first kappa shape index (κ1) is 12.6. The predicted molar refractivity (Wildman–Crippen MR) is 43.4 cm³/mol. The zero-order valence-electron chi connectivity index (χ0n) is 6.83. The molecule has 0 amide bonds. The van der Waals surface area contributed by atoms with Crippen molar-refractivity contribution >= 4 is 22.7 Å². The molecule has 60 valence electrons. The number of hydrogen-bond donors (Lipinski definition) is 0. The standard InChI is InChI=1S/C7H7ClO2S.Na/c1-5-2-3-6(11(9)10)4-7(5)8;/h2-4H,1H3,(H,9,10);/q;+1/p-1. The molecule has 0 saturated carbocycles. The Balaban J connectivity index is 0.00000121. The van der Waals surface area contributed by atoms with Gasteiger partial charge in [-0.05, 0) is 35.7 Å². The summed E-state index contributed by atoms with van der Waals surface area (Å²) < 4.78 is 20.8. The van der Waals surface area contributed by atoms with Crippen LogP contribution in [-0.2, 0) is 11.1 Å². The Morgan fingerprint density at radius 3 is 2.50 bits per heavy atom. The summed E-state index contributed by atoms with van der Waals surface area (Å²) >= 11 is 3.50. The van der Waals surface area contributed by atoms with E-state index in [9.17, 15) is 8.76 Å². The van der Waals surface area contributed by atoms with Crippen LogP contribution >= 0.6 is 11.6 Å². The first-order valence-corrected chi connectivity index (χ1v) is 4.42. The van der Waals surface area contributed by atoms with Crippen molar-refractivity contribution in [1.29, 1.82) is 0 Å². The largest absolute Gasteiger partial charge is 1.00 e. The summed E-state index contributed by atoms with van der Waals surface area (Å²) in [5.41, 5.74) is 0.876. The zero-order valence-corrected chi connectivity index (χ0v) is 10.4. The smallest absolute Gasteiger partial charge is 0.768 e. The maximum absolute atomic E-state index is 10.4.